The Morgan fingerprint density at radius 2 is 1.69 bits per heavy atom. The van der Waals surface area contributed by atoms with E-state index in [2.05, 4.69) is 17.4 Å². The summed E-state index contributed by atoms with van der Waals surface area (Å²) in [7, 11) is 0. The van der Waals surface area contributed by atoms with Crippen LogP contribution in [-0.4, -0.2) is 17.6 Å². The van der Waals surface area contributed by atoms with Crippen molar-refractivity contribution in [2.75, 3.05) is 0 Å². The van der Waals surface area contributed by atoms with Gasteiger partial charge in [-0.3, -0.25) is 25.2 Å². The Morgan fingerprint density at radius 1 is 1.15 bits per heavy atom. The second-order valence-corrected chi connectivity index (χ2v) is 2.66. The molecule has 0 aliphatic rings. The first-order valence-electron chi connectivity index (χ1n) is 3.67. The van der Waals surface area contributed by atoms with Crippen LogP contribution in [0.25, 0.3) is 0 Å². The number of hydrogen-bond donors (Lipinski definition) is 2. The number of ketones is 1. The number of hydrazine groups is 1. The summed E-state index contributed by atoms with van der Waals surface area (Å²) in [6.45, 7) is 6.16. The van der Waals surface area contributed by atoms with Gasteiger partial charge in [0, 0.05) is 5.57 Å². The highest BCUT2D eigenvalue weighted by atomic mass is 16.2. The molecule has 0 radical (unpaired) electrons. The van der Waals surface area contributed by atoms with E-state index in [1.165, 1.54) is 13.8 Å². The number of carbonyl (C=O) groups is 3. The summed E-state index contributed by atoms with van der Waals surface area (Å²) < 4.78 is 0. The molecule has 0 rings (SSSR count). The normalized spacial score (nSPS) is 8.77. The van der Waals surface area contributed by atoms with Crippen LogP contribution in [0.1, 0.15) is 20.3 Å². The maximum absolute atomic E-state index is 10.8. The predicted octanol–water partition coefficient (Wildman–Crippen LogP) is -0.311. The third kappa shape index (κ3) is 5.60. The van der Waals surface area contributed by atoms with E-state index in [0.717, 1.165) is 0 Å². The quantitative estimate of drug-likeness (QED) is 0.359. The van der Waals surface area contributed by atoms with E-state index in [4.69, 9.17) is 0 Å². The van der Waals surface area contributed by atoms with Crippen molar-refractivity contribution < 1.29 is 14.4 Å². The van der Waals surface area contributed by atoms with Crippen LogP contribution in [-0.2, 0) is 14.4 Å². The Morgan fingerprint density at radius 3 is 2.08 bits per heavy atom. The van der Waals surface area contributed by atoms with Gasteiger partial charge in [0.1, 0.15) is 5.78 Å². The van der Waals surface area contributed by atoms with Gasteiger partial charge in [0.15, 0.2) is 0 Å². The van der Waals surface area contributed by atoms with Crippen LogP contribution in [0.3, 0.4) is 0 Å². The highest BCUT2D eigenvalue weighted by Crippen LogP contribution is 1.84. The highest BCUT2D eigenvalue weighted by molar-refractivity contribution is 5.98. The van der Waals surface area contributed by atoms with Gasteiger partial charge in [-0.2, -0.15) is 0 Å². The van der Waals surface area contributed by atoms with E-state index < -0.39 is 11.8 Å². The summed E-state index contributed by atoms with van der Waals surface area (Å²) >= 11 is 0. The highest BCUT2D eigenvalue weighted by Gasteiger charge is 2.06. The van der Waals surface area contributed by atoms with E-state index in [-0.39, 0.29) is 17.8 Å². The van der Waals surface area contributed by atoms with Gasteiger partial charge < -0.3 is 0 Å². The number of hydrogen-bond acceptors (Lipinski definition) is 3. The van der Waals surface area contributed by atoms with E-state index in [0.29, 0.717) is 0 Å². The van der Waals surface area contributed by atoms with E-state index in [9.17, 15) is 14.4 Å². The fraction of sp³-hybridized carbons (Fsp3) is 0.375. The monoisotopic (exact) mass is 184 g/mol. The lowest BCUT2D eigenvalue weighted by molar-refractivity contribution is -0.130. The van der Waals surface area contributed by atoms with Crippen molar-refractivity contribution in [2.45, 2.75) is 20.3 Å². The lowest BCUT2D eigenvalue weighted by Crippen LogP contribution is -2.42. The fourth-order valence-electron chi connectivity index (χ4n) is 0.503. The van der Waals surface area contributed by atoms with Crippen molar-refractivity contribution in [3.63, 3.8) is 0 Å². The molecule has 5 heteroatoms. The molecule has 0 saturated heterocycles. The lowest BCUT2D eigenvalue weighted by Gasteiger charge is -2.04. The molecule has 0 aliphatic heterocycles. The van der Waals surface area contributed by atoms with Crippen molar-refractivity contribution in [1.82, 2.24) is 10.9 Å². The van der Waals surface area contributed by atoms with Gasteiger partial charge in [-0.1, -0.05) is 6.58 Å². The molecule has 0 aromatic rings. The molecule has 0 aliphatic carbocycles. The maximum atomic E-state index is 10.8. The number of rotatable bonds is 3. The molecule has 0 heterocycles. The largest absolute Gasteiger partial charge is 0.299 e. The molecule has 0 atom stereocenters. The molecule has 5 nitrogen and oxygen atoms in total. The van der Waals surface area contributed by atoms with Gasteiger partial charge in [0.25, 0.3) is 5.91 Å². The van der Waals surface area contributed by atoms with Crippen LogP contribution in [0.15, 0.2) is 12.2 Å². The van der Waals surface area contributed by atoms with E-state index in [1.54, 1.807) is 0 Å². The summed E-state index contributed by atoms with van der Waals surface area (Å²) in [5.41, 5.74) is 4.45. The molecule has 0 bridgehead atoms. The predicted molar refractivity (Wildman–Crippen MR) is 46.4 cm³/mol. The number of nitrogens with one attached hydrogen (secondary N) is 2. The third-order valence-electron chi connectivity index (χ3n) is 1.11. The summed E-state index contributed by atoms with van der Waals surface area (Å²) in [6, 6.07) is 0. The number of Topliss-reactive ketones (excluding diaryl/α,β-unsaturated/α-hetero) is 1. The molecule has 2 amide bonds. The zero-order valence-electron chi connectivity index (χ0n) is 7.64. The standard InChI is InChI=1S/C8H12N2O3/c1-5(2)8(13)10-9-7(12)4-6(3)11/h1,4H2,2-3H3,(H,9,12)(H,10,13). The first kappa shape index (κ1) is 11.4. The van der Waals surface area contributed by atoms with Crippen molar-refractivity contribution in [3.8, 4) is 0 Å². The van der Waals surface area contributed by atoms with Crippen molar-refractivity contribution in [3.05, 3.63) is 12.2 Å². The van der Waals surface area contributed by atoms with Crippen molar-refractivity contribution in [1.29, 1.82) is 0 Å². The minimum absolute atomic E-state index is 0.240. The topological polar surface area (TPSA) is 75.3 Å². The van der Waals surface area contributed by atoms with Gasteiger partial charge in [-0.15, -0.1) is 0 Å². The Bertz CT molecular complexity index is 258. The Kier molecular flexibility index (Phi) is 4.43. The molecule has 13 heavy (non-hydrogen) atoms. The second kappa shape index (κ2) is 5.08. The molecule has 2 N–H and O–H groups in total. The number of amides is 2. The van der Waals surface area contributed by atoms with Crippen LogP contribution >= 0.6 is 0 Å². The summed E-state index contributed by atoms with van der Waals surface area (Å²) in [5.74, 6) is -1.28. The average Bonchev–Trinajstić information content (AvgIpc) is 1.98. The molecule has 72 valence electrons. The summed E-state index contributed by atoms with van der Waals surface area (Å²) in [5, 5.41) is 0. The van der Waals surface area contributed by atoms with Gasteiger partial charge in [0.2, 0.25) is 5.91 Å². The Balaban J connectivity index is 3.77. The van der Waals surface area contributed by atoms with Gasteiger partial charge in [0.05, 0.1) is 6.42 Å². The molecule has 0 aromatic heterocycles. The van der Waals surface area contributed by atoms with E-state index in [1.807, 2.05) is 0 Å². The van der Waals surface area contributed by atoms with Crippen molar-refractivity contribution >= 4 is 17.6 Å². The zero-order chi connectivity index (χ0) is 10.4. The van der Waals surface area contributed by atoms with Crippen LogP contribution in [0.2, 0.25) is 0 Å². The van der Waals surface area contributed by atoms with Gasteiger partial charge in [-0.25, -0.2) is 0 Å². The first-order chi connectivity index (χ1) is 5.93. The minimum atomic E-state index is -0.540. The first-order valence-corrected chi connectivity index (χ1v) is 3.67. The molecule has 0 aromatic carbocycles. The maximum Gasteiger partial charge on any atom is 0.264 e. The van der Waals surface area contributed by atoms with Gasteiger partial charge >= 0.3 is 0 Å². The lowest BCUT2D eigenvalue weighted by atomic mass is 10.3. The summed E-state index contributed by atoms with van der Waals surface area (Å²) in [4.78, 5) is 32.1. The summed E-state index contributed by atoms with van der Waals surface area (Å²) in [6.07, 6.45) is -0.240. The van der Waals surface area contributed by atoms with E-state index >= 15 is 0 Å². The average molecular weight is 184 g/mol. The van der Waals surface area contributed by atoms with Crippen LogP contribution in [0.5, 0.6) is 0 Å². The SMILES string of the molecule is C=C(C)C(=O)NNC(=O)CC(C)=O. The molecular formula is C8H12N2O3. The second-order valence-electron chi connectivity index (χ2n) is 2.66. The number of carbonyl (C=O) groups excluding carboxylic acids is 3. The molecular weight excluding hydrogens is 172 g/mol. The fourth-order valence-corrected chi connectivity index (χ4v) is 0.503. The molecule has 0 saturated carbocycles. The van der Waals surface area contributed by atoms with Crippen LogP contribution in [0.4, 0.5) is 0 Å². The third-order valence-corrected chi connectivity index (χ3v) is 1.11. The molecule has 0 spiro atoms. The minimum Gasteiger partial charge on any atom is -0.299 e. The molecule has 0 unspecified atom stereocenters. The van der Waals surface area contributed by atoms with Crippen LogP contribution in [0, 0.1) is 0 Å². The van der Waals surface area contributed by atoms with Gasteiger partial charge in [-0.05, 0) is 13.8 Å². The molecule has 0 fully saturated rings. The zero-order valence-corrected chi connectivity index (χ0v) is 7.64. The van der Waals surface area contributed by atoms with Crippen molar-refractivity contribution in [2.24, 2.45) is 0 Å². The smallest absolute Gasteiger partial charge is 0.264 e. The van der Waals surface area contributed by atoms with Crippen LogP contribution < -0.4 is 10.9 Å². The Labute approximate surface area is 76.2 Å². The Hall–Kier alpha value is -1.65.